The molecule has 0 spiro atoms. The molecule has 1 saturated carbocycles. The van der Waals surface area contributed by atoms with Crippen LogP contribution in [0.1, 0.15) is 43.2 Å². The van der Waals surface area contributed by atoms with Crippen molar-refractivity contribution >= 4 is 21.8 Å². The fourth-order valence-corrected chi connectivity index (χ4v) is 3.06. The Morgan fingerprint density at radius 1 is 1.47 bits per heavy atom. The number of carbonyl (C=O) groups excluding carboxylic acids is 1. The average Bonchev–Trinajstić information content (AvgIpc) is 3.10. The lowest BCUT2D eigenvalue weighted by molar-refractivity contribution is -0.0765. The summed E-state index contributed by atoms with van der Waals surface area (Å²) in [6.07, 6.45) is 4.38. The van der Waals surface area contributed by atoms with Crippen molar-refractivity contribution in [1.29, 1.82) is 0 Å². The smallest absolute Gasteiger partial charge is 0.270 e. The van der Waals surface area contributed by atoms with E-state index in [4.69, 9.17) is 4.74 Å². The van der Waals surface area contributed by atoms with Crippen LogP contribution in [0, 0.1) is 0 Å². The Hall–Kier alpha value is -0.810. The SMILES string of the molecule is CC1(C)CN(C(=O)c2cc(Br)cn2C2CC2)CCO1. The molecule has 0 bridgehead atoms. The zero-order valence-electron chi connectivity index (χ0n) is 11.4. The van der Waals surface area contributed by atoms with E-state index in [1.54, 1.807) is 0 Å². The van der Waals surface area contributed by atoms with Gasteiger partial charge in [0.1, 0.15) is 5.69 Å². The van der Waals surface area contributed by atoms with Crippen molar-refractivity contribution in [2.24, 2.45) is 0 Å². The second-order valence-corrected chi connectivity index (χ2v) is 6.93. The van der Waals surface area contributed by atoms with E-state index in [9.17, 15) is 4.79 Å². The molecule has 1 amide bonds. The number of aromatic nitrogens is 1. The summed E-state index contributed by atoms with van der Waals surface area (Å²) in [5.41, 5.74) is 0.550. The Morgan fingerprint density at radius 3 is 2.84 bits per heavy atom. The fraction of sp³-hybridized carbons (Fsp3) is 0.643. The average molecular weight is 327 g/mol. The molecule has 1 aromatic rings. The predicted octanol–water partition coefficient (Wildman–Crippen LogP) is 2.84. The summed E-state index contributed by atoms with van der Waals surface area (Å²) < 4.78 is 8.77. The van der Waals surface area contributed by atoms with Crippen LogP contribution in [0.15, 0.2) is 16.7 Å². The molecular formula is C14H19BrN2O2. The number of hydrogen-bond donors (Lipinski definition) is 0. The lowest BCUT2D eigenvalue weighted by atomic mass is 10.1. The van der Waals surface area contributed by atoms with Gasteiger partial charge in [0.25, 0.3) is 5.91 Å². The zero-order valence-corrected chi connectivity index (χ0v) is 12.9. The molecule has 4 nitrogen and oxygen atoms in total. The minimum atomic E-state index is -0.248. The van der Waals surface area contributed by atoms with Gasteiger partial charge in [-0.3, -0.25) is 4.79 Å². The first-order valence-electron chi connectivity index (χ1n) is 6.77. The van der Waals surface area contributed by atoms with E-state index in [0.717, 1.165) is 10.2 Å². The van der Waals surface area contributed by atoms with Crippen molar-refractivity contribution in [2.45, 2.75) is 38.3 Å². The molecule has 0 radical (unpaired) electrons. The van der Waals surface area contributed by atoms with Crippen molar-refractivity contribution in [3.05, 3.63) is 22.4 Å². The van der Waals surface area contributed by atoms with Gasteiger partial charge in [-0.15, -0.1) is 0 Å². The van der Waals surface area contributed by atoms with Crippen LogP contribution in [0.4, 0.5) is 0 Å². The second-order valence-electron chi connectivity index (χ2n) is 6.02. The Labute approximate surface area is 121 Å². The number of morpholine rings is 1. The molecule has 0 N–H and O–H groups in total. The molecule has 0 unspecified atom stereocenters. The van der Waals surface area contributed by atoms with Crippen LogP contribution in [0.2, 0.25) is 0 Å². The molecule has 104 valence electrons. The van der Waals surface area contributed by atoms with Crippen molar-refractivity contribution in [1.82, 2.24) is 9.47 Å². The highest BCUT2D eigenvalue weighted by atomic mass is 79.9. The van der Waals surface area contributed by atoms with Gasteiger partial charge in [-0.25, -0.2) is 0 Å². The minimum Gasteiger partial charge on any atom is -0.372 e. The molecule has 2 fully saturated rings. The maximum absolute atomic E-state index is 12.7. The van der Waals surface area contributed by atoms with Gasteiger partial charge >= 0.3 is 0 Å². The summed E-state index contributed by atoms with van der Waals surface area (Å²) in [4.78, 5) is 14.6. The highest BCUT2D eigenvalue weighted by Crippen LogP contribution is 2.38. The summed E-state index contributed by atoms with van der Waals surface area (Å²) in [6, 6.07) is 2.45. The monoisotopic (exact) mass is 326 g/mol. The number of nitrogens with zero attached hydrogens (tertiary/aromatic N) is 2. The lowest BCUT2D eigenvalue weighted by Crippen LogP contribution is -2.50. The summed E-state index contributed by atoms with van der Waals surface area (Å²) in [5, 5.41) is 0. The van der Waals surface area contributed by atoms with E-state index >= 15 is 0 Å². The summed E-state index contributed by atoms with van der Waals surface area (Å²) >= 11 is 3.48. The van der Waals surface area contributed by atoms with Gasteiger partial charge < -0.3 is 14.2 Å². The van der Waals surface area contributed by atoms with Crippen LogP contribution in [-0.2, 0) is 4.74 Å². The molecule has 1 aliphatic carbocycles. The van der Waals surface area contributed by atoms with Crippen LogP contribution in [0.3, 0.4) is 0 Å². The van der Waals surface area contributed by atoms with E-state index in [1.165, 1.54) is 12.8 Å². The molecule has 19 heavy (non-hydrogen) atoms. The van der Waals surface area contributed by atoms with Gasteiger partial charge in [-0.1, -0.05) is 0 Å². The summed E-state index contributed by atoms with van der Waals surface area (Å²) in [5.74, 6) is 0.119. The van der Waals surface area contributed by atoms with Crippen LogP contribution >= 0.6 is 15.9 Å². The van der Waals surface area contributed by atoms with Crippen molar-refractivity contribution in [3.63, 3.8) is 0 Å². The molecule has 0 atom stereocenters. The predicted molar refractivity (Wildman–Crippen MR) is 76.3 cm³/mol. The highest BCUT2D eigenvalue weighted by Gasteiger charge is 2.34. The molecule has 1 aromatic heterocycles. The largest absolute Gasteiger partial charge is 0.372 e. The third-order valence-corrected chi connectivity index (χ3v) is 4.12. The van der Waals surface area contributed by atoms with E-state index < -0.39 is 0 Å². The quantitative estimate of drug-likeness (QED) is 0.837. The van der Waals surface area contributed by atoms with Crippen LogP contribution in [-0.4, -0.2) is 40.7 Å². The van der Waals surface area contributed by atoms with Crippen molar-refractivity contribution < 1.29 is 9.53 Å². The number of carbonyl (C=O) groups is 1. The lowest BCUT2D eigenvalue weighted by Gasteiger charge is -2.38. The number of hydrogen-bond acceptors (Lipinski definition) is 2. The number of rotatable bonds is 2. The Kier molecular flexibility index (Phi) is 3.21. The Morgan fingerprint density at radius 2 is 2.21 bits per heavy atom. The van der Waals surface area contributed by atoms with Crippen LogP contribution < -0.4 is 0 Å². The van der Waals surface area contributed by atoms with Crippen molar-refractivity contribution in [2.75, 3.05) is 19.7 Å². The zero-order chi connectivity index (χ0) is 13.6. The normalized spacial score (nSPS) is 22.6. The molecular weight excluding hydrogens is 308 g/mol. The van der Waals surface area contributed by atoms with E-state index in [-0.39, 0.29) is 11.5 Å². The van der Waals surface area contributed by atoms with E-state index in [0.29, 0.717) is 25.7 Å². The second kappa shape index (κ2) is 4.63. The third kappa shape index (κ3) is 2.72. The topological polar surface area (TPSA) is 34.5 Å². The molecule has 3 rings (SSSR count). The first-order valence-corrected chi connectivity index (χ1v) is 7.56. The highest BCUT2D eigenvalue weighted by molar-refractivity contribution is 9.10. The summed E-state index contributed by atoms with van der Waals surface area (Å²) in [7, 11) is 0. The van der Waals surface area contributed by atoms with Gasteiger partial charge in [-0.2, -0.15) is 0 Å². The fourth-order valence-electron chi connectivity index (χ4n) is 2.62. The van der Waals surface area contributed by atoms with Gasteiger partial charge in [0.2, 0.25) is 0 Å². The Balaban J connectivity index is 1.83. The van der Waals surface area contributed by atoms with E-state index in [1.807, 2.05) is 31.0 Å². The van der Waals surface area contributed by atoms with Crippen LogP contribution in [0.5, 0.6) is 0 Å². The van der Waals surface area contributed by atoms with Gasteiger partial charge in [0.05, 0.1) is 12.2 Å². The number of halogens is 1. The van der Waals surface area contributed by atoms with Gasteiger partial charge in [0, 0.05) is 29.8 Å². The summed E-state index contributed by atoms with van der Waals surface area (Å²) in [6.45, 7) is 6.00. The molecule has 2 heterocycles. The molecule has 5 heteroatoms. The van der Waals surface area contributed by atoms with Crippen LogP contribution in [0.25, 0.3) is 0 Å². The molecule has 0 aromatic carbocycles. The van der Waals surface area contributed by atoms with Crippen molar-refractivity contribution in [3.8, 4) is 0 Å². The Bertz CT molecular complexity index is 506. The third-order valence-electron chi connectivity index (χ3n) is 3.69. The number of ether oxygens (including phenoxy) is 1. The molecule has 2 aliphatic rings. The first kappa shape index (κ1) is 13.2. The van der Waals surface area contributed by atoms with E-state index in [2.05, 4.69) is 20.5 Å². The standard InChI is InChI=1S/C14H19BrN2O2/c1-14(2)9-16(5-6-19-14)13(18)12-7-10(15)8-17(12)11-3-4-11/h7-8,11H,3-6,9H2,1-2H3. The molecule has 1 aliphatic heterocycles. The first-order chi connectivity index (χ1) is 8.96. The minimum absolute atomic E-state index is 0.119. The van der Waals surface area contributed by atoms with Gasteiger partial charge in [0.15, 0.2) is 0 Å². The molecule has 1 saturated heterocycles. The van der Waals surface area contributed by atoms with Gasteiger partial charge in [-0.05, 0) is 48.7 Å². The number of amides is 1. The maximum Gasteiger partial charge on any atom is 0.270 e. The maximum atomic E-state index is 12.7.